The summed E-state index contributed by atoms with van der Waals surface area (Å²) in [4.78, 5) is 10.5. The van der Waals surface area contributed by atoms with Crippen LogP contribution in [0.4, 0.5) is 0 Å². The van der Waals surface area contributed by atoms with Crippen LogP contribution in [0.3, 0.4) is 0 Å². The van der Waals surface area contributed by atoms with Crippen molar-refractivity contribution in [1.29, 1.82) is 0 Å². The number of hydrogen-bond donors (Lipinski definition) is 2. The molecule has 0 fully saturated rings. The van der Waals surface area contributed by atoms with Gasteiger partial charge in [-0.2, -0.15) is 0 Å². The minimum Gasteiger partial charge on any atom is -0.480 e. The Hall–Kier alpha value is -0.280. The fraction of sp³-hybridized carbons (Fsp3) is 0.889. The van der Waals surface area contributed by atoms with Gasteiger partial charge in [-0.1, -0.05) is 27.7 Å². The normalized spacial score (nSPS) is 15.8. The molecule has 0 bridgehead atoms. The number of carboxylic acid groups (broad SMARTS) is 1. The lowest BCUT2D eigenvalue weighted by Gasteiger charge is -2.25. The summed E-state index contributed by atoms with van der Waals surface area (Å²) >= 11 is 0. The molecule has 0 aromatic rings. The van der Waals surface area contributed by atoms with E-state index in [-0.39, 0.29) is 23.7 Å². The maximum Gasteiger partial charge on any atom is 0.320 e. The van der Waals surface area contributed by atoms with Crippen molar-refractivity contribution in [2.45, 2.75) is 40.2 Å². The summed E-state index contributed by atoms with van der Waals surface area (Å²) in [6.07, 6.45) is 0.834. The molecule has 13 heavy (non-hydrogen) atoms. The number of carbonyl (C=O) groups is 1. The van der Waals surface area contributed by atoms with Crippen molar-refractivity contribution in [2.75, 3.05) is 0 Å². The molecule has 4 heteroatoms. The fourth-order valence-corrected chi connectivity index (χ4v) is 1.34. The van der Waals surface area contributed by atoms with Crippen LogP contribution in [0.15, 0.2) is 0 Å². The van der Waals surface area contributed by atoms with Gasteiger partial charge in [0.25, 0.3) is 0 Å². The van der Waals surface area contributed by atoms with Crippen molar-refractivity contribution in [3.05, 3.63) is 0 Å². The van der Waals surface area contributed by atoms with Crippen molar-refractivity contribution >= 4 is 18.4 Å². The molecule has 0 spiro atoms. The van der Waals surface area contributed by atoms with Gasteiger partial charge in [0.15, 0.2) is 0 Å². The standard InChI is InChI=1S/C9H19NO2.ClH/c1-6(5-9(2,3)4)7(10)8(11)12;/h6-7H,5,10H2,1-4H3,(H,11,12);1H/t6?,7-;/m0./s1. The molecule has 0 amide bonds. The molecule has 0 aromatic heterocycles. The summed E-state index contributed by atoms with van der Waals surface area (Å²) in [5.41, 5.74) is 5.61. The summed E-state index contributed by atoms with van der Waals surface area (Å²) in [5, 5.41) is 8.62. The van der Waals surface area contributed by atoms with Crippen LogP contribution >= 0.6 is 12.4 Å². The van der Waals surface area contributed by atoms with Gasteiger partial charge in [-0.3, -0.25) is 4.79 Å². The highest BCUT2D eigenvalue weighted by Gasteiger charge is 2.24. The first-order chi connectivity index (χ1) is 5.24. The van der Waals surface area contributed by atoms with Gasteiger partial charge in [0, 0.05) is 0 Å². The number of hydrogen-bond acceptors (Lipinski definition) is 2. The van der Waals surface area contributed by atoms with E-state index in [4.69, 9.17) is 10.8 Å². The second kappa shape index (κ2) is 5.45. The van der Waals surface area contributed by atoms with E-state index in [1.54, 1.807) is 0 Å². The molecule has 0 saturated carbocycles. The third-order valence-electron chi connectivity index (χ3n) is 1.83. The Bertz CT molecular complexity index is 165. The molecule has 80 valence electrons. The van der Waals surface area contributed by atoms with Crippen LogP contribution in [0.25, 0.3) is 0 Å². The van der Waals surface area contributed by atoms with Gasteiger partial charge in [0.1, 0.15) is 6.04 Å². The van der Waals surface area contributed by atoms with E-state index in [9.17, 15) is 4.79 Å². The van der Waals surface area contributed by atoms with Crippen molar-refractivity contribution in [1.82, 2.24) is 0 Å². The van der Waals surface area contributed by atoms with Gasteiger partial charge < -0.3 is 10.8 Å². The minimum atomic E-state index is -0.910. The van der Waals surface area contributed by atoms with Crippen LogP contribution in [0, 0.1) is 11.3 Å². The van der Waals surface area contributed by atoms with E-state index in [2.05, 4.69) is 20.8 Å². The largest absolute Gasteiger partial charge is 0.480 e. The van der Waals surface area contributed by atoms with Crippen molar-refractivity contribution < 1.29 is 9.90 Å². The molecule has 0 rings (SSSR count). The van der Waals surface area contributed by atoms with Crippen molar-refractivity contribution in [3.63, 3.8) is 0 Å². The van der Waals surface area contributed by atoms with Crippen molar-refractivity contribution in [3.8, 4) is 0 Å². The predicted octanol–water partition coefficient (Wildman–Crippen LogP) is 1.89. The van der Waals surface area contributed by atoms with E-state index in [0.717, 1.165) is 6.42 Å². The van der Waals surface area contributed by atoms with Crippen LogP contribution in [-0.2, 0) is 4.79 Å². The monoisotopic (exact) mass is 209 g/mol. The first-order valence-electron chi connectivity index (χ1n) is 4.22. The fourth-order valence-electron chi connectivity index (χ4n) is 1.34. The molecule has 3 N–H and O–H groups in total. The molecule has 0 aliphatic carbocycles. The van der Waals surface area contributed by atoms with E-state index < -0.39 is 12.0 Å². The van der Waals surface area contributed by atoms with Gasteiger partial charge in [-0.15, -0.1) is 12.4 Å². The van der Waals surface area contributed by atoms with Crippen LogP contribution in [0.5, 0.6) is 0 Å². The first-order valence-corrected chi connectivity index (χ1v) is 4.22. The Balaban J connectivity index is 0. The topological polar surface area (TPSA) is 63.3 Å². The number of rotatable bonds is 3. The van der Waals surface area contributed by atoms with Crippen LogP contribution in [-0.4, -0.2) is 17.1 Å². The zero-order valence-corrected chi connectivity index (χ0v) is 9.52. The van der Waals surface area contributed by atoms with E-state index in [0.29, 0.717) is 0 Å². The molecule has 2 atom stereocenters. The molecule has 1 unspecified atom stereocenters. The SMILES string of the molecule is CC(CC(C)(C)C)[C@H](N)C(=O)O.Cl. The van der Waals surface area contributed by atoms with Crippen LogP contribution in [0.1, 0.15) is 34.1 Å². The summed E-state index contributed by atoms with van der Waals surface area (Å²) in [5.74, 6) is -0.880. The average molecular weight is 210 g/mol. The number of nitrogens with two attached hydrogens (primary N) is 1. The third-order valence-corrected chi connectivity index (χ3v) is 1.83. The van der Waals surface area contributed by atoms with Crippen molar-refractivity contribution in [2.24, 2.45) is 17.1 Å². The van der Waals surface area contributed by atoms with Gasteiger partial charge in [-0.05, 0) is 17.8 Å². The van der Waals surface area contributed by atoms with E-state index in [1.165, 1.54) is 0 Å². The number of halogens is 1. The first kappa shape index (κ1) is 15.2. The summed E-state index contributed by atoms with van der Waals surface area (Å²) in [6, 6.07) is -0.732. The number of aliphatic carboxylic acids is 1. The van der Waals surface area contributed by atoms with Gasteiger partial charge >= 0.3 is 5.97 Å². The summed E-state index contributed by atoms with van der Waals surface area (Å²) < 4.78 is 0. The average Bonchev–Trinajstić information content (AvgIpc) is 1.82. The lowest BCUT2D eigenvalue weighted by molar-refractivity contribution is -0.139. The highest BCUT2D eigenvalue weighted by Crippen LogP contribution is 2.25. The Morgan fingerprint density at radius 2 is 1.85 bits per heavy atom. The van der Waals surface area contributed by atoms with Gasteiger partial charge in [0.05, 0.1) is 0 Å². The highest BCUT2D eigenvalue weighted by molar-refractivity contribution is 5.85. The van der Waals surface area contributed by atoms with Gasteiger partial charge in [0.2, 0.25) is 0 Å². The maximum absolute atomic E-state index is 10.5. The van der Waals surface area contributed by atoms with Gasteiger partial charge in [-0.25, -0.2) is 0 Å². The predicted molar refractivity (Wildman–Crippen MR) is 56.1 cm³/mol. The second-order valence-electron chi connectivity index (χ2n) is 4.61. The Kier molecular flexibility index (Phi) is 6.37. The summed E-state index contributed by atoms with van der Waals surface area (Å²) in [7, 11) is 0. The molecule has 0 aromatic carbocycles. The highest BCUT2D eigenvalue weighted by atomic mass is 35.5. The zero-order valence-electron chi connectivity index (χ0n) is 8.70. The smallest absolute Gasteiger partial charge is 0.320 e. The Morgan fingerprint density at radius 1 is 1.46 bits per heavy atom. The lowest BCUT2D eigenvalue weighted by atomic mass is 9.82. The molecule has 0 saturated heterocycles. The third kappa shape index (κ3) is 6.84. The van der Waals surface area contributed by atoms with E-state index in [1.807, 2.05) is 6.92 Å². The maximum atomic E-state index is 10.5. The number of carboxylic acids is 1. The zero-order chi connectivity index (χ0) is 9.94. The molecule has 0 aliphatic rings. The molecule has 0 radical (unpaired) electrons. The summed E-state index contributed by atoms with van der Waals surface area (Å²) in [6.45, 7) is 8.12. The van der Waals surface area contributed by atoms with Crippen LogP contribution in [0.2, 0.25) is 0 Å². The molecule has 3 nitrogen and oxygen atoms in total. The van der Waals surface area contributed by atoms with Crippen LogP contribution < -0.4 is 5.73 Å². The molecular weight excluding hydrogens is 190 g/mol. The second-order valence-corrected chi connectivity index (χ2v) is 4.61. The lowest BCUT2D eigenvalue weighted by Crippen LogP contribution is -2.38. The van der Waals surface area contributed by atoms with E-state index >= 15 is 0 Å². The quantitative estimate of drug-likeness (QED) is 0.746. The minimum absolute atomic E-state index is 0. The Morgan fingerprint density at radius 3 is 2.08 bits per heavy atom. The molecule has 0 heterocycles. The Labute approximate surface area is 86.1 Å². The molecule has 0 aliphatic heterocycles. The molecular formula is C9H20ClNO2.